The highest BCUT2D eigenvalue weighted by atomic mass is 16.5. The first-order valence-corrected chi connectivity index (χ1v) is 8.54. The highest BCUT2D eigenvalue weighted by Gasteiger charge is 2.20. The molecule has 1 unspecified atom stereocenters. The Morgan fingerprint density at radius 3 is 3.08 bits per heavy atom. The average molecular weight is 353 g/mol. The number of pyridine rings is 2. The highest BCUT2D eigenvalue weighted by molar-refractivity contribution is 6.04. The number of hydrogen-bond acceptors (Lipinski definition) is 5. The molecule has 4 heterocycles. The molecule has 0 saturated carbocycles. The van der Waals surface area contributed by atoms with Crippen molar-refractivity contribution in [3.63, 3.8) is 0 Å². The summed E-state index contributed by atoms with van der Waals surface area (Å²) in [5, 5.41) is 6.81. The van der Waals surface area contributed by atoms with Crippen molar-refractivity contribution >= 4 is 17.2 Å². The van der Waals surface area contributed by atoms with E-state index in [1.165, 1.54) is 6.33 Å². The topological polar surface area (TPSA) is 90.5 Å². The van der Waals surface area contributed by atoms with Gasteiger partial charge in [-0.15, -0.1) is 0 Å². The Morgan fingerprint density at radius 2 is 2.27 bits per heavy atom. The summed E-state index contributed by atoms with van der Waals surface area (Å²) >= 11 is 0. The molecule has 1 amide bonds. The van der Waals surface area contributed by atoms with Gasteiger partial charge in [0, 0.05) is 12.8 Å². The van der Waals surface area contributed by atoms with E-state index in [1.54, 1.807) is 46.6 Å². The van der Waals surface area contributed by atoms with Crippen LogP contribution in [0.25, 0.3) is 5.65 Å². The van der Waals surface area contributed by atoms with Gasteiger partial charge in [-0.25, -0.2) is 9.50 Å². The fourth-order valence-electron chi connectivity index (χ4n) is 3.18. The van der Waals surface area contributed by atoms with E-state index >= 15 is 0 Å². The zero-order valence-electron chi connectivity index (χ0n) is 14.4. The number of fused-ring (bicyclic) bond motifs is 1. The SMILES string of the molecule is Cc1ccn(CC2CCCO2)c(=O)c1C(=O)Nc1ccc2ncnn2c1. The lowest BCUT2D eigenvalue weighted by molar-refractivity contribution is 0.0952. The van der Waals surface area contributed by atoms with E-state index in [9.17, 15) is 9.59 Å². The molecular formula is C18H19N5O3. The summed E-state index contributed by atoms with van der Waals surface area (Å²) in [4.78, 5) is 29.6. The third-order valence-electron chi connectivity index (χ3n) is 4.56. The molecule has 8 heteroatoms. The summed E-state index contributed by atoms with van der Waals surface area (Å²) in [7, 11) is 0. The van der Waals surface area contributed by atoms with Crippen LogP contribution in [-0.4, -0.2) is 37.8 Å². The Bertz CT molecular complexity index is 1020. The van der Waals surface area contributed by atoms with Gasteiger partial charge in [0.15, 0.2) is 5.65 Å². The summed E-state index contributed by atoms with van der Waals surface area (Å²) in [5.41, 5.74) is 1.70. The highest BCUT2D eigenvalue weighted by Crippen LogP contribution is 2.15. The summed E-state index contributed by atoms with van der Waals surface area (Å²) < 4.78 is 8.71. The molecule has 3 aromatic rings. The molecule has 0 radical (unpaired) electrons. The van der Waals surface area contributed by atoms with Crippen LogP contribution in [0, 0.1) is 6.92 Å². The van der Waals surface area contributed by atoms with Gasteiger partial charge in [0.05, 0.1) is 24.5 Å². The predicted octanol–water partition coefficient (Wildman–Crippen LogP) is 1.63. The number of carbonyl (C=O) groups is 1. The van der Waals surface area contributed by atoms with E-state index in [-0.39, 0.29) is 17.2 Å². The van der Waals surface area contributed by atoms with Gasteiger partial charge in [0.1, 0.15) is 11.9 Å². The second-order valence-corrected chi connectivity index (χ2v) is 6.40. The molecule has 1 saturated heterocycles. The molecular weight excluding hydrogens is 334 g/mol. The molecule has 8 nitrogen and oxygen atoms in total. The largest absolute Gasteiger partial charge is 0.376 e. The first-order valence-electron chi connectivity index (χ1n) is 8.54. The van der Waals surface area contributed by atoms with E-state index < -0.39 is 5.91 Å². The molecule has 1 fully saturated rings. The monoisotopic (exact) mass is 353 g/mol. The lowest BCUT2D eigenvalue weighted by Crippen LogP contribution is -2.32. The van der Waals surface area contributed by atoms with Crippen LogP contribution >= 0.6 is 0 Å². The van der Waals surface area contributed by atoms with Crippen LogP contribution in [0.2, 0.25) is 0 Å². The number of aryl methyl sites for hydroxylation is 1. The zero-order valence-corrected chi connectivity index (χ0v) is 14.4. The van der Waals surface area contributed by atoms with E-state index in [4.69, 9.17) is 4.74 Å². The Hall–Kier alpha value is -3.00. The molecule has 134 valence electrons. The van der Waals surface area contributed by atoms with Gasteiger partial charge in [0.25, 0.3) is 11.5 Å². The third-order valence-corrected chi connectivity index (χ3v) is 4.56. The number of hydrogen-bond donors (Lipinski definition) is 1. The van der Waals surface area contributed by atoms with Gasteiger partial charge < -0.3 is 14.6 Å². The molecule has 26 heavy (non-hydrogen) atoms. The zero-order chi connectivity index (χ0) is 18.1. The number of anilines is 1. The molecule has 0 aliphatic carbocycles. The Kier molecular flexibility index (Phi) is 4.26. The maximum absolute atomic E-state index is 12.8. The normalized spacial score (nSPS) is 16.9. The van der Waals surface area contributed by atoms with Crippen molar-refractivity contribution in [2.24, 2.45) is 0 Å². The van der Waals surface area contributed by atoms with Gasteiger partial charge in [-0.2, -0.15) is 5.10 Å². The van der Waals surface area contributed by atoms with Crippen molar-refractivity contribution in [2.45, 2.75) is 32.4 Å². The number of aromatic nitrogens is 4. The van der Waals surface area contributed by atoms with Gasteiger partial charge in [-0.3, -0.25) is 9.59 Å². The van der Waals surface area contributed by atoms with E-state index in [1.807, 2.05) is 0 Å². The lowest BCUT2D eigenvalue weighted by Gasteiger charge is -2.14. The van der Waals surface area contributed by atoms with Crippen LogP contribution in [0.5, 0.6) is 0 Å². The quantitative estimate of drug-likeness (QED) is 0.770. The van der Waals surface area contributed by atoms with Crippen LogP contribution < -0.4 is 10.9 Å². The predicted molar refractivity (Wildman–Crippen MR) is 95.4 cm³/mol. The summed E-state index contributed by atoms with van der Waals surface area (Å²) in [6, 6.07) is 5.26. The number of nitrogens with one attached hydrogen (secondary N) is 1. The van der Waals surface area contributed by atoms with E-state index in [0.717, 1.165) is 19.4 Å². The molecule has 0 aromatic carbocycles. The minimum absolute atomic E-state index is 0.0287. The minimum atomic E-state index is -0.436. The molecule has 4 rings (SSSR count). The first kappa shape index (κ1) is 16.5. The van der Waals surface area contributed by atoms with Crippen molar-refractivity contribution in [3.8, 4) is 0 Å². The Morgan fingerprint density at radius 1 is 1.38 bits per heavy atom. The number of rotatable bonds is 4. The van der Waals surface area contributed by atoms with Crippen molar-refractivity contribution in [1.29, 1.82) is 0 Å². The van der Waals surface area contributed by atoms with Crippen molar-refractivity contribution in [1.82, 2.24) is 19.2 Å². The maximum Gasteiger partial charge on any atom is 0.263 e. The summed E-state index contributed by atoms with van der Waals surface area (Å²) in [5.74, 6) is -0.436. The number of carbonyl (C=O) groups excluding carboxylic acids is 1. The maximum atomic E-state index is 12.8. The number of nitrogens with zero attached hydrogens (tertiary/aromatic N) is 4. The third kappa shape index (κ3) is 3.11. The fourth-order valence-corrected chi connectivity index (χ4v) is 3.18. The van der Waals surface area contributed by atoms with Gasteiger partial charge in [-0.05, 0) is 43.5 Å². The summed E-state index contributed by atoms with van der Waals surface area (Å²) in [6.45, 7) is 2.95. The van der Waals surface area contributed by atoms with Crippen LogP contribution in [0.4, 0.5) is 5.69 Å². The van der Waals surface area contributed by atoms with Crippen molar-refractivity contribution < 1.29 is 9.53 Å². The van der Waals surface area contributed by atoms with E-state index in [0.29, 0.717) is 23.4 Å². The molecule has 0 spiro atoms. The summed E-state index contributed by atoms with van der Waals surface area (Å²) in [6.07, 6.45) is 6.77. The van der Waals surface area contributed by atoms with Gasteiger partial charge >= 0.3 is 0 Å². The van der Waals surface area contributed by atoms with Crippen LogP contribution in [-0.2, 0) is 11.3 Å². The number of ether oxygens (including phenoxy) is 1. The molecule has 1 aliphatic rings. The molecule has 1 atom stereocenters. The number of amides is 1. The lowest BCUT2D eigenvalue weighted by atomic mass is 10.1. The molecule has 3 aromatic heterocycles. The smallest absolute Gasteiger partial charge is 0.263 e. The first-order chi connectivity index (χ1) is 12.6. The van der Waals surface area contributed by atoms with Crippen LogP contribution in [0.1, 0.15) is 28.8 Å². The molecule has 1 aliphatic heterocycles. The van der Waals surface area contributed by atoms with Crippen LogP contribution in [0.15, 0.2) is 41.7 Å². The standard InChI is InChI=1S/C18H19N5O3/c1-12-6-7-22(10-14-3-2-8-26-14)18(25)16(12)17(24)21-13-4-5-15-19-11-20-23(15)9-13/h4-7,9,11,14H,2-3,8,10H2,1H3,(H,21,24). The van der Waals surface area contributed by atoms with Crippen molar-refractivity contribution in [3.05, 3.63) is 58.4 Å². The Labute approximate surface area is 149 Å². The van der Waals surface area contributed by atoms with Crippen LogP contribution in [0.3, 0.4) is 0 Å². The second-order valence-electron chi connectivity index (χ2n) is 6.40. The Balaban J connectivity index is 1.60. The molecule has 1 N–H and O–H groups in total. The fraction of sp³-hybridized carbons (Fsp3) is 0.333. The average Bonchev–Trinajstić information content (AvgIpc) is 3.28. The molecule has 0 bridgehead atoms. The minimum Gasteiger partial charge on any atom is -0.376 e. The van der Waals surface area contributed by atoms with Gasteiger partial charge in [0.2, 0.25) is 0 Å². The van der Waals surface area contributed by atoms with Gasteiger partial charge in [-0.1, -0.05) is 0 Å². The second kappa shape index (κ2) is 6.72. The van der Waals surface area contributed by atoms with E-state index in [2.05, 4.69) is 15.4 Å². The van der Waals surface area contributed by atoms with Crippen molar-refractivity contribution in [2.75, 3.05) is 11.9 Å².